The van der Waals surface area contributed by atoms with Crippen LogP contribution in [-0.2, 0) is 10.8 Å². The lowest BCUT2D eigenvalue weighted by atomic mass is 9.86. The fraction of sp³-hybridized carbons (Fsp3) is 0.160. The van der Waals surface area contributed by atoms with Gasteiger partial charge >= 0.3 is 0 Å². The predicted octanol–water partition coefficient (Wildman–Crippen LogP) is 14.2. The van der Waals surface area contributed by atoms with E-state index in [2.05, 4.69) is 197 Å². The molecule has 268 valence electrons. The summed E-state index contributed by atoms with van der Waals surface area (Å²) in [5, 5.41) is 0. The van der Waals surface area contributed by atoms with E-state index in [1.54, 1.807) is 0 Å². The van der Waals surface area contributed by atoms with E-state index in [0.29, 0.717) is 0 Å². The summed E-state index contributed by atoms with van der Waals surface area (Å²) in [5.41, 5.74) is 20.3. The molecule has 0 aromatic heterocycles. The molecule has 0 unspecified atom stereocenters. The summed E-state index contributed by atoms with van der Waals surface area (Å²) in [6.45, 7) is 13.5. The van der Waals surface area contributed by atoms with Crippen molar-refractivity contribution in [2.24, 2.45) is 0 Å². The number of nitrogen functional groups attached to an aromatic ring is 1. The Morgan fingerprint density at radius 3 is 1.33 bits per heavy atom. The van der Waals surface area contributed by atoms with Gasteiger partial charge < -0.3 is 20.3 Å². The summed E-state index contributed by atoms with van der Waals surface area (Å²) in [6.07, 6.45) is 0. The Kier molecular flexibility index (Phi) is 8.78. The lowest BCUT2D eigenvalue weighted by Crippen LogP contribution is -2.17. The highest BCUT2D eigenvalue weighted by molar-refractivity contribution is 5.89. The van der Waals surface area contributed by atoms with E-state index in [0.717, 1.165) is 68.0 Å². The summed E-state index contributed by atoms with van der Waals surface area (Å²) in [6, 6.07) is 58.1. The molecule has 4 heteroatoms. The van der Waals surface area contributed by atoms with E-state index < -0.39 is 0 Å². The van der Waals surface area contributed by atoms with Gasteiger partial charge in [0.1, 0.15) is 0 Å². The van der Waals surface area contributed by atoms with Crippen molar-refractivity contribution in [1.29, 1.82) is 0 Å². The highest BCUT2D eigenvalue weighted by atomic mass is 16.5. The molecule has 0 atom stereocenters. The van der Waals surface area contributed by atoms with Crippen LogP contribution < -0.4 is 20.3 Å². The van der Waals surface area contributed by atoms with Crippen LogP contribution in [0.2, 0.25) is 0 Å². The number of anilines is 7. The van der Waals surface area contributed by atoms with Gasteiger partial charge in [-0.25, -0.2) is 0 Å². The summed E-state index contributed by atoms with van der Waals surface area (Å²) < 4.78 is 6.84. The second-order valence-corrected chi connectivity index (χ2v) is 16.2. The molecule has 0 bridgehead atoms. The first-order chi connectivity index (χ1) is 25.9. The molecule has 7 aromatic carbocycles. The smallest absolute Gasteiger partial charge is 0.152 e. The minimum absolute atomic E-state index is 0.0640. The Balaban J connectivity index is 1.17. The molecule has 0 saturated heterocycles. The lowest BCUT2D eigenvalue weighted by Gasteiger charge is -2.34. The van der Waals surface area contributed by atoms with Crippen molar-refractivity contribution in [3.8, 4) is 33.8 Å². The van der Waals surface area contributed by atoms with E-state index in [-0.39, 0.29) is 10.8 Å². The SMILES string of the molecule is CC(C)(C)c1ccc(-c2ccc3c(c2)Oc2cc(-c4ccc(N(c5ccccc5)c5ccc(N)cc5)cc4)ccc2N3c2ccc(C(C)(C)C)cc2)cc1. The fourth-order valence-electron chi connectivity index (χ4n) is 7.17. The van der Waals surface area contributed by atoms with Crippen LogP contribution in [0, 0.1) is 0 Å². The number of hydrogen-bond donors (Lipinski definition) is 1. The molecule has 0 saturated carbocycles. The van der Waals surface area contributed by atoms with Gasteiger partial charge in [0.05, 0.1) is 11.4 Å². The van der Waals surface area contributed by atoms with Crippen molar-refractivity contribution < 1.29 is 4.74 Å². The lowest BCUT2D eigenvalue weighted by molar-refractivity contribution is 0.477. The highest BCUT2D eigenvalue weighted by Crippen LogP contribution is 2.52. The molecule has 7 aromatic rings. The molecule has 0 spiro atoms. The number of nitrogens with zero attached hydrogens (tertiary/aromatic N) is 2. The highest BCUT2D eigenvalue weighted by Gasteiger charge is 2.28. The second kappa shape index (κ2) is 13.6. The molecular weight excluding hydrogens is 659 g/mol. The van der Waals surface area contributed by atoms with E-state index in [1.807, 2.05) is 18.2 Å². The number of ether oxygens (including phenoxy) is 1. The predicted molar refractivity (Wildman–Crippen MR) is 229 cm³/mol. The molecule has 0 radical (unpaired) electrons. The Labute approximate surface area is 320 Å². The molecule has 1 aliphatic heterocycles. The van der Waals surface area contributed by atoms with E-state index in [9.17, 15) is 0 Å². The number of benzene rings is 7. The van der Waals surface area contributed by atoms with Crippen LogP contribution in [0.3, 0.4) is 0 Å². The number of fused-ring (bicyclic) bond motifs is 2. The number of rotatable bonds is 6. The van der Waals surface area contributed by atoms with Crippen LogP contribution in [-0.4, -0.2) is 0 Å². The summed E-state index contributed by atoms with van der Waals surface area (Å²) in [4.78, 5) is 4.57. The first-order valence-corrected chi connectivity index (χ1v) is 18.7. The average molecular weight is 706 g/mol. The first-order valence-electron chi connectivity index (χ1n) is 18.7. The van der Waals surface area contributed by atoms with Gasteiger partial charge in [-0.2, -0.15) is 0 Å². The second-order valence-electron chi connectivity index (χ2n) is 16.2. The minimum atomic E-state index is 0.0640. The summed E-state index contributed by atoms with van der Waals surface area (Å²) in [5.74, 6) is 1.64. The van der Waals surface area contributed by atoms with Gasteiger partial charge in [0, 0.05) is 28.4 Å². The third-order valence-electron chi connectivity index (χ3n) is 10.3. The number of hydrogen-bond acceptors (Lipinski definition) is 4. The van der Waals surface area contributed by atoms with Gasteiger partial charge in [0.25, 0.3) is 0 Å². The van der Waals surface area contributed by atoms with Crippen LogP contribution in [0.15, 0.2) is 164 Å². The van der Waals surface area contributed by atoms with Gasteiger partial charge in [-0.15, -0.1) is 0 Å². The number of para-hydroxylation sites is 1. The molecule has 1 heterocycles. The van der Waals surface area contributed by atoms with Gasteiger partial charge in [0.2, 0.25) is 0 Å². The molecule has 0 fully saturated rings. The van der Waals surface area contributed by atoms with Crippen LogP contribution in [0.5, 0.6) is 11.5 Å². The zero-order valence-corrected chi connectivity index (χ0v) is 32.0. The zero-order valence-electron chi connectivity index (χ0n) is 32.0. The largest absolute Gasteiger partial charge is 0.453 e. The van der Waals surface area contributed by atoms with Crippen molar-refractivity contribution in [3.05, 3.63) is 175 Å². The third-order valence-corrected chi connectivity index (χ3v) is 10.3. The molecular formula is C50H47N3O. The van der Waals surface area contributed by atoms with Crippen LogP contribution in [0.4, 0.5) is 39.8 Å². The van der Waals surface area contributed by atoms with Crippen LogP contribution >= 0.6 is 0 Å². The first kappa shape index (κ1) is 34.8. The minimum Gasteiger partial charge on any atom is -0.453 e. The topological polar surface area (TPSA) is 41.7 Å². The van der Waals surface area contributed by atoms with Gasteiger partial charge in [-0.1, -0.05) is 120 Å². The summed E-state index contributed by atoms with van der Waals surface area (Å²) >= 11 is 0. The Hall–Kier alpha value is -6.26. The zero-order chi connectivity index (χ0) is 37.6. The molecule has 8 rings (SSSR count). The van der Waals surface area contributed by atoms with E-state index in [1.165, 1.54) is 16.7 Å². The fourth-order valence-corrected chi connectivity index (χ4v) is 7.17. The van der Waals surface area contributed by atoms with Crippen LogP contribution in [0.1, 0.15) is 52.7 Å². The van der Waals surface area contributed by atoms with Crippen molar-refractivity contribution >= 4 is 39.8 Å². The number of nitrogens with two attached hydrogens (primary N) is 1. The summed E-state index contributed by atoms with van der Waals surface area (Å²) in [7, 11) is 0. The van der Waals surface area contributed by atoms with Gasteiger partial charge in [0.15, 0.2) is 11.5 Å². The third kappa shape index (κ3) is 6.83. The Morgan fingerprint density at radius 1 is 0.444 bits per heavy atom. The van der Waals surface area contributed by atoms with Crippen molar-refractivity contribution in [1.82, 2.24) is 0 Å². The van der Waals surface area contributed by atoms with Crippen molar-refractivity contribution in [3.63, 3.8) is 0 Å². The molecule has 54 heavy (non-hydrogen) atoms. The van der Waals surface area contributed by atoms with Crippen molar-refractivity contribution in [2.75, 3.05) is 15.5 Å². The van der Waals surface area contributed by atoms with E-state index in [4.69, 9.17) is 10.5 Å². The maximum atomic E-state index is 6.84. The monoisotopic (exact) mass is 705 g/mol. The normalized spacial score (nSPS) is 12.4. The van der Waals surface area contributed by atoms with Gasteiger partial charge in [-0.05, 0) is 129 Å². The van der Waals surface area contributed by atoms with Gasteiger partial charge in [-0.3, -0.25) is 0 Å². The standard InChI is InChI=1S/C50H47N3O/c1-49(2,3)38-18-12-34(13-19-38)36-16-30-45-47(32-36)54-48-33-37(17-31-46(48)53(45)44-26-20-39(21-27-44)50(4,5)6)35-14-24-42(25-15-35)52(41-10-8-7-9-11-41)43-28-22-40(51)23-29-43/h7-33H,51H2,1-6H3. The Morgan fingerprint density at radius 2 is 0.852 bits per heavy atom. The maximum absolute atomic E-state index is 6.84. The van der Waals surface area contributed by atoms with Crippen LogP contribution in [0.25, 0.3) is 22.3 Å². The van der Waals surface area contributed by atoms with Crippen molar-refractivity contribution in [2.45, 2.75) is 52.4 Å². The molecule has 0 aliphatic carbocycles. The molecule has 2 N–H and O–H groups in total. The maximum Gasteiger partial charge on any atom is 0.152 e. The Bertz CT molecular complexity index is 2400. The average Bonchev–Trinajstić information content (AvgIpc) is 3.17. The molecule has 4 nitrogen and oxygen atoms in total. The van der Waals surface area contributed by atoms with E-state index >= 15 is 0 Å². The molecule has 0 amide bonds. The quantitative estimate of drug-likeness (QED) is 0.175. The molecule has 1 aliphatic rings.